The Balaban J connectivity index is 1.92. The van der Waals surface area contributed by atoms with Crippen molar-refractivity contribution < 1.29 is 22.7 Å². The van der Waals surface area contributed by atoms with Crippen molar-refractivity contribution >= 4 is 21.6 Å². The van der Waals surface area contributed by atoms with E-state index in [1.807, 2.05) is 6.92 Å². The molecule has 0 bridgehead atoms. The smallest absolute Gasteiger partial charge is 0.251 e. The van der Waals surface area contributed by atoms with Gasteiger partial charge in [0.15, 0.2) is 0 Å². The fourth-order valence-electron chi connectivity index (χ4n) is 2.63. The number of rotatable bonds is 9. The normalized spacial score (nSPS) is 12.1. The van der Waals surface area contributed by atoms with Crippen LogP contribution in [0, 0.1) is 0 Å². The number of hydrogen-bond acceptors (Lipinski definition) is 5. The summed E-state index contributed by atoms with van der Waals surface area (Å²) >= 11 is 0. The third-order valence-electron chi connectivity index (χ3n) is 4.04. The van der Waals surface area contributed by atoms with Crippen molar-refractivity contribution in [3.05, 3.63) is 54.1 Å². The standard InChI is InChI=1S/C20H26N2O5S/c1-5-22(28(4,24)25)17-8-6-16(7-9-17)20(23)21-15(2)14-27-19-12-10-18(26-3)11-13-19/h6-13,15H,5,14H2,1-4H3,(H,21,23). The lowest BCUT2D eigenvalue weighted by atomic mass is 10.2. The SMILES string of the molecule is CCN(c1ccc(C(=O)NC(C)COc2ccc(OC)cc2)cc1)S(C)(=O)=O. The highest BCUT2D eigenvalue weighted by Gasteiger charge is 2.16. The Morgan fingerprint density at radius 2 is 1.64 bits per heavy atom. The lowest BCUT2D eigenvalue weighted by molar-refractivity contribution is 0.0926. The summed E-state index contributed by atoms with van der Waals surface area (Å²) in [5.74, 6) is 1.18. The van der Waals surface area contributed by atoms with Crippen LogP contribution in [0.15, 0.2) is 48.5 Å². The number of sulfonamides is 1. The second-order valence-electron chi connectivity index (χ2n) is 6.34. The first-order chi connectivity index (χ1) is 13.2. The van der Waals surface area contributed by atoms with Crippen LogP contribution in [-0.2, 0) is 10.0 Å². The van der Waals surface area contributed by atoms with Gasteiger partial charge in [-0.25, -0.2) is 8.42 Å². The van der Waals surface area contributed by atoms with Crippen LogP contribution >= 0.6 is 0 Å². The van der Waals surface area contributed by atoms with Gasteiger partial charge in [0, 0.05) is 12.1 Å². The second kappa shape index (κ2) is 9.45. The number of carbonyl (C=O) groups is 1. The number of ether oxygens (including phenoxy) is 2. The first-order valence-corrected chi connectivity index (χ1v) is 10.7. The molecular weight excluding hydrogens is 380 g/mol. The Morgan fingerprint density at radius 1 is 1.07 bits per heavy atom. The summed E-state index contributed by atoms with van der Waals surface area (Å²) in [6.07, 6.45) is 1.15. The number of anilines is 1. The minimum atomic E-state index is -3.35. The highest BCUT2D eigenvalue weighted by atomic mass is 32.2. The zero-order valence-corrected chi connectivity index (χ0v) is 17.3. The number of hydrogen-bond donors (Lipinski definition) is 1. The molecule has 0 aliphatic heterocycles. The summed E-state index contributed by atoms with van der Waals surface area (Å²) in [6.45, 7) is 4.24. The van der Waals surface area contributed by atoms with E-state index in [0.717, 1.165) is 12.0 Å². The van der Waals surface area contributed by atoms with Crippen LogP contribution in [0.3, 0.4) is 0 Å². The van der Waals surface area contributed by atoms with E-state index in [9.17, 15) is 13.2 Å². The van der Waals surface area contributed by atoms with Crippen LogP contribution in [0.25, 0.3) is 0 Å². The number of nitrogens with zero attached hydrogens (tertiary/aromatic N) is 1. The van der Waals surface area contributed by atoms with Crippen molar-refractivity contribution in [2.24, 2.45) is 0 Å². The molecule has 0 spiro atoms. The molecule has 8 heteroatoms. The van der Waals surface area contributed by atoms with Crippen LogP contribution < -0.4 is 19.1 Å². The summed E-state index contributed by atoms with van der Waals surface area (Å²) in [5.41, 5.74) is 0.974. The van der Waals surface area contributed by atoms with Gasteiger partial charge in [0.2, 0.25) is 10.0 Å². The van der Waals surface area contributed by atoms with Crippen molar-refractivity contribution in [2.75, 3.05) is 30.8 Å². The summed E-state index contributed by atoms with van der Waals surface area (Å²) in [4.78, 5) is 12.4. The maximum Gasteiger partial charge on any atom is 0.251 e. The number of amides is 1. The summed E-state index contributed by atoms with van der Waals surface area (Å²) < 4.78 is 35.6. The predicted octanol–water partition coefficient (Wildman–Crippen LogP) is 2.68. The topological polar surface area (TPSA) is 84.9 Å². The first kappa shape index (κ1) is 21.6. The molecule has 2 aromatic rings. The third-order valence-corrected chi connectivity index (χ3v) is 5.31. The van der Waals surface area contributed by atoms with Crippen molar-refractivity contribution in [1.82, 2.24) is 5.32 Å². The Labute approximate surface area is 166 Å². The molecular formula is C20H26N2O5S. The Morgan fingerprint density at radius 3 is 2.14 bits per heavy atom. The van der Waals surface area contributed by atoms with E-state index in [1.54, 1.807) is 62.6 Å². The van der Waals surface area contributed by atoms with E-state index in [2.05, 4.69) is 5.32 Å². The third kappa shape index (κ3) is 5.88. The lowest BCUT2D eigenvalue weighted by Crippen LogP contribution is -2.36. The van der Waals surface area contributed by atoms with Gasteiger partial charge in [0.25, 0.3) is 5.91 Å². The van der Waals surface area contributed by atoms with Gasteiger partial charge in [-0.05, 0) is 62.4 Å². The maximum atomic E-state index is 12.4. The van der Waals surface area contributed by atoms with Crippen molar-refractivity contribution in [2.45, 2.75) is 19.9 Å². The van der Waals surface area contributed by atoms with Gasteiger partial charge in [0.1, 0.15) is 18.1 Å². The van der Waals surface area contributed by atoms with Crippen LogP contribution in [0.2, 0.25) is 0 Å². The summed E-state index contributed by atoms with van der Waals surface area (Å²) in [6, 6.07) is 13.5. The second-order valence-corrected chi connectivity index (χ2v) is 8.24. The molecule has 0 saturated heterocycles. The van der Waals surface area contributed by atoms with E-state index < -0.39 is 10.0 Å². The lowest BCUT2D eigenvalue weighted by Gasteiger charge is -2.20. The summed E-state index contributed by atoms with van der Waals surface area (Å²) in [7, 11) is -1.75. The fraction of sp³-hybridized carbons (Fsp3) is 0.350. The van der Waals surface area contributed by atoms with Gasteiger partial charge in [-0.1, -0.05) is 0 Å². The van der Waals surface area contributed by atoms with Gasteiger partial charge in [-0.2, -0.15) is 0 Å². The number of benzene rings is 2. The Hall–Kier alpha value is -2.74. The van der Waals surface area contributed by atoms with E-state index in [-0.39, 0.29) is 11.9 Å². The number of carbonyl (C=O) groups excluding carboxylic acids is 1. The van der Waals surface area contributed by atoms with Crippen LogP contribution in [0.5, 0.6) is 11.5 Å². The fourth-order valence-corrected chi connectivity index (χ4v) is 3.60. The quantitative estimate of drug-likeness (QED) is 0.692. The van der Waals surface area contributed by atoms with E-state index in [1.165, 1.54) is 4.31 Å². The molecule has 0 aromatic heterocycles. The van der Waals surface area contributed by atoms with Crippen LogP contribution in [0.4, 0.5) is 5.69 Å². The van der Waals surface area contributed by atoms with Crippen LogP contribution in [-0.4, -0.2) is 46.9 Å². The van der Waals surface area contributed by atoms with Gasteiger partial charge in [-0.3, -0.25) is 9.10 Å². The molecule has 0 saturated carbocycles. The predicted molar refractivity (Wildman–Crippen MR) is 110 cm³/mol. The largest absolute Gasteiger partial charge is 0.497 e. The number of nitrogens with one attached hydrogen (secondary N) is 1. The number of methoxy groups -OCH3 is 1. The molecule has 0 heterocycles. The molecule has 0 aliphatic rings. The van der Waals surface area contributed by atoms with Crippen molar-refractivity contribution in [3.8, 4) is 11.5 Å². The van der Waals surface area contributed by atoms with Gasteiger partial charge in [0.05, 0.1) is 25.1 Å². The average Bonchev–Trinajstić information content (AvgIpc) is 2.66. The minimum absolute atomic E-state index is 0.211. The van der Waals surface area contributed by atoms with E-state index >= 15 is 0 Å². The molecule has 0 aliphatic carbocycles. The summed E-state index contributed by atoms with van der Waals surface area (Å²) in [5, 5.41) is 2.86. The van der Waals surface area contributed by atoms with E-state index in [4.69, 9.17) is 9.47 Å². The van der Waals surface area contributed by atoms with E-state index in [0.29, 0.717) is 30.2 Å². The van der Waals surface area contributed by atoms with Crippen molar-refractivity contribution in [1.29, 1.82) is 0 Å². The Kier molecular flexibility index (Phi) is 7.28. The van der Waals surface area contributed by atoms with Crippen LogP contribution in [0.1, 0.15) is 24.2 Å². The molecule has 2 rings (SSSR count). The molecule has 28 heavy (non-hydrogen) atoms. The minimum Gasteiger partial charge on any atom is -0.497 e. The molecule has 1 N–H and O–H groups in total. The molecule has 7 nitrogen and oxygen atoms in total. The first-order valence-electron chi connectivity index (χ1n) is 8.90. The molecule has 1 atom stereocenters. The molecule has 0 radical (unpaired) electrons. The molecule has 152 valence electrons. The zero-order chi connectivity index (χ0) is 20.7. The monoisotopic (exact) mass is 406 g/mol. The molecule has 0 fully saturated rings. The molecule has 1 amide bonds. The Bertz CT molecular complexity index is 880. The average molecular weight is 407 g/mol. The highest BCUT2D eigenvalue weighted by Crippen LogP contribution is 2.19. The maximum absolute atomic E-state index is 12.4. The van der Waals surface area contributed by atoms with Gasteiger partial charge in [-0.15, -0.1) is 0 Å². The highest BCUT2D eigenvalue weighted by molar-refractivity contribution is 7.92. The van der Waals surface area contributed by atoms with Gasteiger partial charge >= 0.3 is 0 Å². The van der Waals surface area contributed by atoms with Crippen molar-refractivity contribution in [3.63, 3.8) is 0 Å². The molecule has 1 unspecified atom stereocenters. The van der Waals surface area contributed by atoms with Gasteiger partial charge < -0.3 is 14.8 Å². The zero-order valence-electron chi connectivity index (χ0n) is 16.5. The molecule has 2 aromatic carbocycles.